The van der Waals surface area contributed by atoms with Crippen molar-refractivity contribution in [1.29, 1.82) is 0 Å². The molecule has 0 unspecified atom stereocenters. The lowest BCUT2D eigenvalue weighted by Gasteiger charge is -2.24. The second-order valence-electron chi connectivity index (χ2n) is 6.07. The monoisotopic (exact) mass is 338 g/mol. The van der Waals surface area contributed by atoms with E-state index in [4.69, 9.17) is 28.6 Å². The third kappa shape index (κ3) is 3.20. The number of thiocarbonyl (C=S) groups is 1. The van der Waals surface area contributed by atoms with Gasteiger partial charge in [-0.25, -0.2) is 4.79 Å². The summed E-state index contributed by atoms with van der Waals surface area (Å²) in [5, 5.41) is 7.57. The molecule has 2 aliphatic carbocycles. The van der Waals surface area contributed by atoms with E-state index in [0.29, 0.717) is 27.4 Å². The summed E-state index contributed by atoms with van der Waals surface area (Å²) in [4.78, 5) is 11.6. The van der Waals surface area contributed by atoms with Crippen LogP contribution in [0.15, 0.2) is 18.2 Å². The molecule has 2 N–H and O–H groups in total. The SMILES string of the molecule is COC(=O)c1ccc(Cl)c(NC(=S)N[C@H]2C[C@H]3CC[C@H]2C3)c1. The smallest absolute Gasteiger partial charge is 0.337 e. The van der Waals surface area contributed by atoms with Crippen molar-refractivity contribution in [2.24, 2.45) is 11.8 Å². The van der Waals surface area contributed by atoms with E-state index in [1.807, 2.05) is 0 Å². The zero-order valence-electron chi connectivity index (χ0n) is 12.4. The normalized spacial score (nSPS) is 25.8. The van der Waals surface area contributed by atoms with Crippen LogP contribution in [0, 0.1) is 11.8 Å². The maximum Gasteiger partial charge on any atom is 0.337 e. The molecule has 2 bridgehead atoms. The van der Waals surface area contributed by atoms with Crippen molar-refractivity contribution in [3.63, 3.8) is 0 Å². The molecule has 22 heavy (non-hydrogen) atoms. The number of carbonyl (C=O) groups is 1. The number of carbonyl (C=O) groups excluding carboxylic acids is 1. The number of nitrogens with one attached hydrogen (secondary N) is 2. The third-order valence-electron chi connectivity index (χ3n) is 4.69. The third-order valence-corrected chi connectivity index (χ3v) is 5.24. The first-order valence-electron chi connectivity index (χ1n) is 7.52. The Morgan fingerprint density at radius 1 is 1.36 bits per heavy atom. The van der Waals surface area contributed by atoms with Gasteiger partial charge in [0.2, 0.25) is 0 Å². The largest absolute Gasteiger partial charge is 0.465 e. The van der Waals surface area contributed by atoms with E-state index < -0.39 is 5.97 Å². The molecule has 0 aliphatic heterocycles. The van der Waals surface area contributed by atoms with Gasteiger partial charge in [-0.1, -0.05) is 18.0 Å². The summed E-state index contributed by atoms with van der Waals surface area (Å²) in [7, 11) is 1.35. The van der Waals surface area contributed by atoms with Crippen LogP contribution in [0.3, 0.4) is 0 Å². The van der Waals surface area contributed by atoms with Crippen LogP contribution in [0.5, 0.6) is 0 Å². The van der Waals surface area contributed by atoms with E-state index in [0.717, 1.165) is 11.8 Å². The Kier molecular flexibility index (Phi) is 4.54. The minimum atomic E-state index is -0.397. The summed E-state index contributed by atoms with van der Waals surface area (Å²) in [6, 6.07) is 5.41. The van der Waals surface area contributed by atoms with Crippen LogP contribution in [-0.4, -0.2) is 24.2 Å². The van der Waals surface area contributed by atoms with Gasteiger partial charge in [-0.2, -0.15) is 0 Å². The number of halogens is 1. The molecule has 0 radical (unpaired) electrons. The number of methoxy groups -OCH3 is 1. The lowest BCUT2D eigenvalue weighted by Crippen LogP contribution is -2.40. The molecule has 2 fully saturated rings. The van der Waals surface area contributed by atoms with Crippen molar-refractivity contribution < 1.29 is 9.53 Å². The molecular formula is C16H19ClN2O2S. The van der Waals surface area contributed by atoms with E-state index in [-0.39, 0.29) is 0 Å². The fraction of sp³-hybridized carbons (Fsp3) is 0.500. The van der Waals surface area contributed by atoms with Crippen molar-refractivity contribution in [1.82, 2.24) is 5.32 Å². The van der Waals surface area contributed by atoms with Gasteiger partial charge >= 0.3 is 5.97 Å². The minimum absolute atomic E-state index is 0.397. The Hall–Kier alpha value is -1.33. The molecule has 1 aromatic carbocycles. The second kappa shape index (κ2) is 6.42. The fourth-order valence-electron chi connectivity index (χ4n) is 3.61. The first-order valence-corrected chi connectivity index (χ1v) is 8.31. The molecular weight excluding hydrogens is 320 g/mol. The highest BCUT2D eigenvalue weighted by atomic mass is 35.5. The molecule has 3 atom stereocenters. The van der Waals surface area contributed by atoms with Crippen LogP contribution in [0.1, 0.15) is 36.0 Å². The van der Waals surface area contributed by atoms with E-state index in [1.165, 1.54) is 32.8 Å². The lowest BCUT2D eigenvalue weighted by atomic mass is 9.96. The van der Waals surface area contributed by atoms with Gasteiger partial charge in [0, 0.05) is 6.04 Å². The van der Waals surface area contributed by atoms with Crippen molar-refractivity contribution in [3.8, 4) is 0 Å². The van der Waals surface area contributed by atoms with Crippen LogP contribution in [0.25, 0.3) is 0 Å². The van der Waals surface area contributed by atoms with Crippen molar-refractivity contribution in [2.75, 3.05) is 12.4 Å². The second-order valence-corrected chi connectivity index (χ2v) is 6.88. The summed E-state index contributed by atoms with van der Waals surface area (Å²) in [5.74, 6) is 1.20. The van der Waals surface area contributed by atoms with Gasteiger partial charge in [0.05, 0.1) is 23.4 Å². The Labute approximate surface area is 140 Å². The van der Waals surface area contributed by atoms with Crippen LogP contribution in [0.4, 0.5) is 5.69 Å². The molecule has 0 aromatic heterocycles. The standard InChI is InChI=1S/C16H19ClN2O2S/c1-21-15(20)11-4-5-12(17)14(8-11)19-16(22)18-13-7-9-2-3-10(13)6-9/h4-5,8-10,13H,2-3,6-7H2,1H3,(H2,18,19,22)/t9-,10-,13-/m0/s1. The topological polar surface area (TPSA) is 50.4 Å². The fourth-order valence-corrected chi connectivity index (χ4v) is 4.04. The number of hydrogen-bond acceptors (Lipinski definition) is 3. The number of hydrogen-bond donors (Lipinski definition) is 2. The highest BCUT2D eigenvalue weighted by Crippen LogP contribution is 2.44. The highest BCUT2D eigenvalue weighted by Gasteiger charge is 2.39. The number of esters is 1. The number of ether oxygens (including phenoxy) is 1. The molecule has 2 aliphatic rings. The molecule has 0 spiro atoms. The quantitative estimate of drug-likeness (QED) is 0.651. The molecule has 3 rings (SSSR count). The molecule has 1 aromatic rings. The average Bonchev–Trinajstić information content (AvgIpc) is 3.11. The first kappa shape index (κ1) is 15.6. The Bertz CT molecular complexity index is 608. The van der Waals surface area contributed by atoms with Crippen molar-refractivity contribution >= 4 is 40.6 Å². The molecule has 4 nitrogen and oxygen atoms in total. The van der Waals surface area contributed by atoms with Crippen LogP contribution < -0.4 is 10.6 Å². The molecule has 0 amide bonds. The van der Waals surface area contributed by atoms with Crippen LogP contribution in [-0.2, 0) is 4.74 Å². The zero-order valence-corrected chi connectivity index (χ0v) is 14.0. The van der Waals surface area contributed by atoms with E-state index in [1.54, 1.807) is 18.2 Å². The Morgan fingerprint density at radius 2 is 2.18 bits per heavy atom. The van der Waals surface area contributed by atoms with E-state index in [9.17, 15) is 4.79 Å². The molecule has 6 heteroatoms. The summed E-state index contributed by atoms with van der Waals surface area (Å²) >= 11 is 11.6. The van der Waals surface area contributed by atoms with E-state index >= 15 is 0 Å². The highest BCUT2D eigenvalue weighted by molar-refractivity contribution is 7.80. The van der Waals surface area contributed by atoms with Crippen LogP contribution in [0.2, 0.25) is 5.02 Å². The summed E-state index contributed by atoms with van der Waals surface area (Å²) in [6.07, 6.45) is 5.17. The number of fused-ring (bicyclic) bond motifs is 2. The molecule has 0 saturated heterocycles. The Balaban J connectivity index is 1.64. The maximum absolute atomic E-state index is 11.6. The predicted octanol–water partition coefficient (Wildman–Crippen LogP) is 3.60. The maximum atomic E-state index is 11.6. The average molecular weight is 339 g/mol. The Morgan fingerprint density at radius 3 is 2.82 bits per heavy atom. The lowest BCUT2D eigenvalue weighted by molar-refractivity contribution is 0.0601. The van der Waals surface area contributed by atoms with Gasteiger partial charge in [0.1, 0.15) is 0 Å². The van der Waals surface area contributed by atoms with Gasteiger partial charge in [0.15, 0.2) is 5.11 Å². The minimum Gasteiger partial charge on any atom is -0.465 e. The van der Waals surface area contributed by atoms with Gasteiger partial charge in [-0.3, -0.25) is 0 Å². The van der Waals surface area contributed by atoms with Crippen molar-refractivity contribution in [2.45, 2.75) is 31.7 Å². The van der Waals surface area contributed by atoms with Gasteiger partial charge in [-0.15, -0.1) is 0 Å². The van der Waals surface area contributed by atoms with Gasteiger partial charge in [-0.05, 0) is 61.5 Å². The number of rotatable bonds is 3. The first-order chi connectivity index (χ1) is 10.6. The summed E-state index contributed by atoms with van der Waals surface area (Å²) in [6.45, 7) is 0. The zero-order chi connectivity index (χ0) is 15.7. The molecule has 118 valence electrons. The van der Waals surface area contributed by atoms with Crippen molar-refractivity contribution in [3.05, 3.63) is 28.8 Å². The summed E-state index contributed by atoms with van der Waals surface area (Å²) < 4.78 is 4.72. The molecule has 0 heterocycles. The number of anilines is 1. The van der Waals surface area contributed by atoms with Gasteiger partial charge < -0.3 is 15.4 Å². The van der Waals surface area contributed by atoms with Crippen LogP contribution >= 0.6 is 23.8 Å². The van der Waals surface area contributed by atoms with E-state index in [2.05, 4.69) is 10.6 Å². The van der Waals surface area contributed by atoms with Gasteiger partial charge in [0.25, 0.3) is 0 Å². The predicted molar refractivity (Wildman–Crippen MR) is 91.4 cm³/mol. The summed E-state index contributed by atoms with van der Waals surface area (Å²) in [5.41, 5.74) is 1.06. The number of benzene rings is 1. The molecule has 2 saturated carbocycles.